The van der Waals surface area contributed by atoms with Crippen molar-refractivity contribution in [2.45, 2.75) is 45.1 Å². The van der Waals surface area contributed by atoms with Crippen LogP contribution in [-0.2, 0) is 13.0 Å². The average molecular weight is 190 g/mol. The molecule has 0 heterocycles. The molecule has 76 valence electrons. The van der Waals surface area contributed by atoms with Gasteiger partial charge in [-0.05, 0) is 41.9 Å². The van der Waals surface area contributed by atoms with Gasteiger partial charge in [0.2, 0.25) is 0 Å². The van der Waals surface area contributed by atoms with Crippen molar-refractivity contribution in [1.29, 1.82) is 0 Å². The van der Waals surface area contributed by atoms with Crippen LogP contribution in [-0.4, -0.2) is 5.11 Å². The summed E-state index contributed by atoms with van der Waals surface area (Å²) < 4.78 is 0. The molecule has 0 aliphatic heterocycles. The first-order chi connectivity index (χ1) is 6.85. The number of hydrogen-bond acceptors (Lipinski definition) is 1. The Balaban J connectivity index is 2.24. The Morgan fingerprint density at radius 3 is 2.64 bits per heavy atom. The van der Waals surface area contributed by atoms with Gasteiger partial charge in [-0.1, -0.05) is 31.5 Å². The molecule has 1 aliphatic rings. The van der Waals surface area contributed by atoms with Crippen molar-refractivity contribution in [3.05, 3.63) is 34.9 Å². The second kappa shape index (κ2) is 4.14. The van der Waals surface area contributed by atoms with Crippen LogP contribution in [0.5, 0.6) is 0 Å². The molecule has 1 nitrogen and oxygen atoms in total. The first kappa shape index (κ1) is 9.72. The van der Waals surface area contributed by atoms with E-state index in [0.29, 0.717) is 0 Å². The summed E-state index contributed by atoms with van der Waals surface area (Å²) in [4.78, 5) is 0. The minimum absolute atomic E-state index is 0.190. The average Bonchev–Trinajstić information content (AvgIpc) is 3.02. The van der Waals surface area contributed by atoms with E-state index in [4.69, 9.17) is 0 Å². The molecule has 1 N–H and O–H groups in total. The van der Waals surface area contributed by atoms with Crippen LogP contribution in [0.1, 0.15) is 48.8 Å². The van der Waals surface area contributed by atoms with E-state index in [1.807, 2.05) is 0 Å². The van der Waals surface area contributed by atoms with Gasteiger partial charge >= 0.3 is 0 Å². The molecule has 2 rings (SSSR count). The second-order valence-corrected chi connectivity index (χ2v) is 4.21. The van der Waals surface area contributed by atoms with Crippen LogP contribution >= 0.6 is 0 Å². The van der Waals surface area contributed by atoms with Crippen LogP contribution in [0.25, 0.3) is 0 Å². The summed E-state index contributed by atoms with van der Waals surface area (Å²) in [6.45, 7) is 2.37. The van der Waals surface area contributed by atoms with E-state index in [2.05, 4.69) is 25.1 Å². The molecular weight excluding hydrogens is 172 g/mol. The van der Waals surface area contributed by atoms with E-state index in [0.717, 1.165) is 24.3 Å². The normalized spacial score (nSPS) is 15.9. The quantitative estimate of drug-likeness (QED) is 0.773. The van der Waals surface area contributed by atoms with Gasteiger partial charge in [0, 0.05) is 0 Å². The van der Waals surface area contributed by atoms with Crippen LogP contribution in [0.15, 0.2) is 18.2 Å². The minimum Gasteiger partial charge on any atom is -0.392 e. The van der Waals surface area contributed by atoms with E-state index < -0.39 is 0 Å². The highest BCUT2D eigenvalue weighted by atomic mass is 16.3. The predicted octanol–water partition coefficient (Wildman–Crippen LogP) is 3.01. The fraction of sp³-hybridized carbons (Fsp3) is 0.538. The van der Waals surface area contributed by atoms with Gasteiger partial charge in [0.15, 0.2) is 0 Å². The van der Waals surface area contributed by atoms with Crippen LogP contribution < -0.4 is 0 Å². The largest absolute Gasteiger partial charge is 0.392 e. The molecule has 0 aromatic heterocycles. The zero-order valence-electron chi connectivity index (χ0n) is 8.79. The molecule has 0 radical (unpaired) electrons. The third-order valence-corrected chi connectivity index (χ3v) is 2.97. The summed E-state index contributed by atoms with van der Waals surface area (Å²) >= 11 is 0. The SMILES string of the molecule is CCCc1ccc(C2CC2)cc1CO. The smallest absolute Gasteiger partial charge is 0.0684 e. The molecule has 1 aromatic rings. The Morgan fingerprint density at radius 2 is 2.07 bits per heavy atom. The topological polar surface area (TPSA) is 20.2 Å². The van der Waals surface area contributed by atoms with E-state index in [1.54, 1.807) is 0 Å². The molecule has 0 atom stereocenters. The zero-order valence-corrected chi connectivity index (χ0v) is 8.79. The number of rotatable bonds is 4. The maximum Gasteiger partial charge on any atom is 0.0684 e. The lowest BCUT2D eigenvalue weighted by Gasteiger charge is -2.08. The van der Waals surface area contributed by atoms with Gasteiger partial charge < -0.3 is 5.11 Å². The van der Waals surface area contributed by atoms with Crippen molar-refractivity contribution >= 4 is 0 Å². The molecular formula is C13H18O. The number of aliphatic hydroxyl groups is 1. The van der Waals surface area contributed by atoms with E-state index in [1.165, 1.54) is 24.0 Å². The summed E-state index contributed by atoms with van der Waals surface area (Å²) in [7, 11) is 0. The Bertz CT molecular complexity index is 313. The van der Waals surface area contributed by atoms with Gasteiger partial charge in [-0.2, -0.15) is 0 Å². The van der Waals surface area contributed by atoms with E-state index >= 15 is 0 Å². The third-order valence-electron chi connectivity index (χ3n) is 2.97. The summed E-state index contributed by atoms with van der Waals surface area (Å²) in [5, 5.41) is 9.27. The lowest BCUT2D eigenvalue weighted by molar-refractivity contribution is 0.280. The van der Waals surface area contributed by atoms with Crippen molar-refractivity contribution in [2.24, 2.45) is 0 Å². The molecule has 14 heavy (non-hydrogen) atoms. The molecule has 1 saturated carbocycles. The number of hydrogen-bond donors (Lipinski definition) is 1. The summed E-state index contributed by atoms with van der Waals surface area (Å²) in [5.41, 5.74) is 3.88. The fourth-order valence-electron chi connectivity index (χ4n) is 1.98. The van der Waals surface area contributed by atoms with Crippen molar-refractivity contribution in [1.82, 2.24) is 0 Å². The van der Waals surface area contributed by atoms with Crippen LogP contribution in [0.3, 0.4) is 0 Å². The van der Waals surface area contributed by atoms with E-state index in [-0.39, 0.29) is 6.61 Å². The van der Waals surface area contributed by atoms with E-state index in [9.17, 15) is 5.11 Å². The Morgan fingerprint density at radius 1 is 1.29 bits per heavy atom. The highest BCUT2D eigenvalue weighted by Crippen LogP contribution is 2.40. The molecule has 1 heteroatoms. The molecule has 0 spiro atoms. The highest BCUT2D eigenvalue weighted by Gasteiger charge is 2.23. The van der Waals surface area contributed by atoms with Crippen molar-refractivity contribution < 1.29 is 5.11 Å². The van der Waals surface area contributed by atoms with Crippen molar-refractivity contribution in [3.8, 4) is 0 Å². The number of aliphatic hydroxyl groups excluding tert-OH is 1. The first-order valence-corrected chi connectivity index (χ1v) is 5.57. The lowest BCUT2D eigenvalue weighted by atomic mass is 9.99. The molecule has 0 saturated heterocycles. The Kier molecular flexibility index (Phi) is 2.87. The molecule has 1 fully saturated rings. The monoisotopic (exact) mass is 190 g/mol. The van der Waals surface area contributed by atoms with Gasteiger partial charge in [-0.3, -0.25) is 0 Å². The highest BCUT2D eigenvalue weighted by molar-refractivity contribution is 5.35. The van der Waals surface area contributed by atoms with Crippen LogP contribution in [0, 0.1) is 0 Å². The van der Waals surface area contributed by atoms with Gasteiger partial charge in [-0.15, -0.1) is 0 Å². The minimum atomic E-state index is 0.190. The maximum atomic E-state index is 9.27. The summed E-state index contributed by atoms with van der Waals surface area (Å²) in [6, 6.07) is 6.63. The molecule has 0 amide bonds. The maximum absolute atomic E-state index is 9.27. The fourth-order valence-corrected chi connectivity index (χ4v) is 1.98. The van der Waals surface area contributed by atoms with Gasteiger partial charge in [0.25, 0.3) is 0 Å². The standard InChI is InChI=1S/C13H18O/c1-2-3-10-6-7-12(11-4-5-11)8-13(10)9-14/h6-8,11,14H,2-5,9H2,1H3. The predicted molar refractivity (Wildman–Crippen MR) is 58.3 cm³/mol. The Labute approximate surface area is 85.8 Å². The van der Waals surface area contributed by atoms with Gasteiger partial charge in [0.05, 0.1) is 6.61 Å². The van der Waals surface area contributed by atoms with Crippen LogP contribution in [0.4, 0.5) is 0 Å². The molecule has 0 unspecified atom stereocenters. The molecule has 0 bridgehead atoms. The number of benzene rings is 1. The summed E-state index contributed by atoms with van der Waals surface area (Å²) in [6.07, 6.45) is 4.90. The Hall–Kier alpha value is -0.820. The zero-order chi connectivity index (χ0) is 9.97. The second-order valence-electron chi connectivity index (χ2n) is 4.21. The van der Waals surface area contributed by atoms with Crippen LogP contribution in [0.2, 0.25) is 0 Å². The van der Waals surface area contributed by atoms with Gasteiger partial charge in [-0.25, -0.2) is 0 Å². The number of aryl methyl sites for hydroxylation is 1. The van der Waals surface area contributed by atoms with Crippen molar-refractivity contribution in [3.63, 3.8) is 0 Å². The van der Waals surface area contributed by atoms with Crippen molar-refractivity contribution in [2.75, 3.05) is 0 Å². The summed E-state index contributed by atoms with van der Waals surface area (Å²) in [5.74, 6) is 0.788. The lowest BCUT2D eigenvalue weighted by Crippen LogP contribution is -1.95. The third kappa shape index (κ3) is 1.98. The molecule has 1 aromatic carbocycles. The molecule has 1 aliphatic carbocycles. The van der Waals surface area contributed by atoms with Gasteiger partial charge in [0.1, 0.15) is 0 Å². The first-order valence-electron chi connectivity index (χ1n) is 5.57.